The minimum Gasteiger partial charge on any atom is -0.394 e. The van der Waals surface area contributed by atoms with E-state index in [1.165, 1.54) is 16.7 Å². The number of rotatable bonds is 4. The number of benzene rings is 1. The van der Waals surface area contributed by atoms with E-state index < -0.39 is 10.8 Å². The zero-order chi connectivity index (χ0) is 21.1. The molecule has 1 spiro atoms. The van der Waals surface area contributed by atoms with E-state index in [0.29, 0.717) is 5.75 Å². The van der Waals surface area contributed by atoms with Crippen molar-refractivity contribution in [3.63, 3.8) is 0 Å². The molecule has 0 radical (unpaired) electrons. The fourth-order valence-corrected chi connectivity index (χ4v) is 6.72. The summed E-state index contributed by atoms with van der Waals surface area (Å²) >= 11 is 0. The molecule has 2 aliphatic heterocycles. The quantitative estimate of drug-likeness (QED) is 0.756. The topological polar surface area (TPSA) is 71.5 Å². The molecule has 6 rings (SSSR count). The maximum Gasteiger partial charge on any atom is 0.0945 e. The van der Waals surface area contributed by atoms with Crippen LogP contribution in [-0.4, -0.2) is 32.2 Å². The van der Waals surface area contributed by atoms with Crippen LogP contribution in [0.1, 0.15) is 61.0 Å². The van der Waals surface area contributed by atoms with E-state index in [-0.39, 0.29) is 17.7 Å². The fraction of sp³-hybridized carbons (Fsp3) is 0.480. The summed E-state index contributed by atoms with van der Waals surface area (Å²) in [5.74, 6) is 0.641. The monoisotopic (exact) mass is 436 g/mol. The van der Waals surface area contributed by atoms with Gasteiger partial charge in [-0.2, -0.15) is 0 Å². The average molecular weight is 437 g/mol. The standard InChI is InChI=1S/C25H28N2O3S/c28-16-24(10-11-24)27-22-14-19(26-21-7-12-31(29)23(21)22)13-17-5-8-25(9-6-17)20-4-2-1-3-18(20)15-30-25/h1-4,13-14,28H,5-12,15-16H2,(H,26,27). The van der Waals surface area contributed by atoms with Gasteiger partial charge in [0.1, 0.15) is 0 Å². The number of hydrogen-bond donors (Lipinski definition) is 2. The van der Waals surface area contributed by atoms with E-state index in [1.807, 2.05) is 6.07 Å². The molecule has 5 nitrogen and oxygen atoms in total. The zero-order valence-electron chi connectivity index (χ0n) is 17.7. The van der Waals surface area contributed by atoms with Crippen molar-refractivity contribution in [3.05, 3.63) is 58.4 Å². The Hall–Kier alpha value is -2.02. The number of aromatic nitrogens is 1. The Labute approximate surface area is 185 Å². The number of ether oxygens (including phenoxy) is 1. The van der Waals surface area contributed by atoms with Gasteiger partial charge in [0.2, 0.25) is 0 Å². The number of nitrogens with one attached hydrogen (secondary N) is 1. The van der Waals surface area contributed by atoms with Crippen molar-refractivity contribution < 1.29 is 14.1 Å². The van der Waals surface area contributed by atoms with Gasteiger partial charge in [0.15, 0.2) is 0 Å². The molecule has 0 amide bonds. The summed E-state index contributed by atoms with van der Waals surface area (Å²) in [7, 11) is -1.00. The first-order chi connectivity index (χ1) is 15.1. The first-order valence-corrected chi connectivity index (χ1v) is 12.6. The summed E-state index contributed by atoms with van der Waals surface area (Å²) in [6.45, 7) is 0.830. The smallest absolute Gasteiger partial charge is 0.0945 e. The highest BCUT2D eigenvalue weighted by molar-refractivity contribution is 7.85. The summed E-state index contributed by atoms with van der Waals surface area (Å²) in [4.78, 5) is 5.70. The molecular formula is C25H28N2O3S. The summed E-state index contributed by atoms with van der Waals surface area (Å²) in [6.07, 6.45) is 8.89. The van der Waals surface area contributed by atoms with Crippen LogP contribution in [-0.2, 0) is 34.2 Å². The predicted molar refractivity (Wildman–Crippen MR) is 121 cm³/mol. The third-order valence-electron chi connectivity index (χ3n) is 7.44. The average Bonchev–Trinajstić information content (AvgIpc) is 3.34. The molecule has 1 aromatic carbocycles. The van der Waals surface area contributed by atoms with Crippen LogP contribution < -0.4 is 5.32 Å². The lowest BCUT2D eigenvalue weighted by molar-refractivity contribution is -0.0569. The van der Waals surface area contributed by atoms with Crippen LogP contribution in [0.4, 0.5) is 5.69 Å². The minimum absolute atomic E-state index is 0.108. The van der Waals surface area contributed by atoms with Gasteiger partial charge in [-0.3, -0.25) is 9.19 Å². The molecule has 0 bridgehead atoms. The lowest BCUT2D eigenvalue weighted by atomic mass is 9.77. The molecule has 0 saturated heterocycles. The van der Waals surface area contributed by atoms with E-state index >= 15 is 0 Å². The number of allylic oxidation sites excluding steroid dienone is 1. The van der Waals surface area contributed by atoms with E-state index in [0.717, 1.165) is 73.5 Å². The Morgan fingerprint density at radius 3 is 2.74 bits per heavy atom. The van der Waals surface area contributed by atoms with Gasteiger partial charge in [0, 0.05) is 12.2 Å². The third kappa shape index (κ3) is 3.36. The molecule has 2 aliphatic carbocycles. The number of anilines is 1. The molecule has 4 aliphatic rings. The van der Waals surface area contributed by atoms with Crippen LogP contribution in [0.25, 0.3) is 6.08 Å². The first kappa shape index (κ1) is 19.6. The molecule has 2 aromatic rings. The molecule has 162 valence electrons. The van der Waals surface area contributed by atoms with Crippen molar-refractivity contribution in [2.75, 3.05) is 17.7 Å². The largest absolute Gasteiger partial charge is 0.394 e. The molecule has 2 fully saturated rings. The minimum atomic E-state index is -1.00. The van der Waals surface area contributed by atoms with E-state index in [9.17, 15) is 9.32 Å². The van der Waals surface area contributed by atoms with Gasteiger partial charge >= 0.3 is 0 Å². The van der Waals surface area contributed by atoms with Gasteiger partial charge in [-0.25, -0.2) is 0 Å². The van der Waals surface area contributed by atoms with Crippen LogP contribution in [0.2, 0.25) is 0 Å². The highest BCUT2D eigenvalue weighted by Gasteiger charge is 2.43. The molecule has 2 saturated carbocycles. The molecule has 1 aromatic heterocycles. The van der Waals surface area contributed by atoms with Gasteiger partial charge in [-0.15, -0.1) is 0 Å². The van der Waals surface area contributed by atoms with Gasteiger partial charge < -0.3 is 15.2 Å². The number of fused-ring (bicyclic) bond motifs is 3. The van der Waals surface area contributed by atoms with Crippen LogP contribution in [0.15, 0.2) is 40.8 Å². The lowest BCUT2D eigenvalue weighted by Gasteiger charge is -2.34. The summed E-state index contributed by atoms with van der Waals surface area (Å²) in [6, 6.07) is 10.7. The second-order valence-electron chi connectivity index (χ2n) is 9.48. The van der Waals surface area contributed by atoms with Crippen molar-refractivity contribution in [2.24, 2.45) is 0 Å². The second-order valence-corrected chi connectivity index (χ2v) is 11.0. The molecule has 6 heteroatoms. The molecule has 31 heavy (non-hydrogen) atoms. The SMILES string of the molecule is O=S1CCc2nc(C=C3CCC4(CC3)OCc3ccccc34)cc(NC3(CO)CC3)c21. The maximum atomic E-state index is 12.6. The van der Waals surface area contributed by atoms with Gasteiger partial charge in [-0.05, 0) is 61.8 Å². The Bertz CT molecular complexity index is 1100. The highest BCUT2D eigenvalue weighted by atomic mass is 32.2. The predicted octanol–water partition coefficient (Wildman–Crippen LogP) is 4.07. The van der Waals surface area contributed by atoms with Crippen LogP contribution >= 0.6 is 0 Å². The Morgan fingerprint density at radius 1 is 1.16 bits per heavy atom. The maximum absolute atomic E-state index is 12.6. The number of pyridine rings is 1. The molecule has 1 unspecified atom stereocenters. The molecular weight excluding hydrogens is 408 g/mol. The Morgan fingerprint density at radius 2 is 1.97 bits per heavy atom. The number of nitrogens with zero attached hydrogens (tertiary/aromatic N) is 1. The number of hydrogen-bond acceptors (Lipinski definition) is 5. The number of aliphatic hydroxyl groups is 1. The summed E-state index contributed by atoms with van der Waals surface area (Å²) in [5.41, 5.74) is 6.53. The summed E-state index contributed by atoms with van der Waals surface area (Å²) in [5, 5.41) is 13.3. The van der Waals surface area contributed by atoms with Crippen LogP contribution in [0.5, 0.6) is 0 Å². The summed E-state index contributed by atoms with van der Waals surface area (Å²) < 4.78 is 18.9. The molecule has 1 atom stereocenters. The normalized spacial score (nSPS) is 27.8. The van der Waals surface area contributed by atoms with Gasteiger partial charge in [0.05, 0.1) is 57.1 Å². The zero-order valence-corrected chi connectivity index (χ0v) is 18.5. The Balaban J connectivity index is 1.26. The highest BCUT2D eigenvalue weighted by Crippen LogP contribution is 2.48. The van der Waals surface area contributed by atoms with Crippen molar-refractivity contribution in [2.45, 2.75) is 67.6 Å². The van der Waals surface area contributed by atoms with Crippen LogP contribution in [0, 0.1) is 0 Å². The molecule has 3 heterocycles. The van der Waals surface area contributed by atoms with Crippen molar-refractivity contribution in [1.82, 2.24) is 4.98 Å². The fourth-order valence-electron chi connectivity index (χ4n) is 5.38. The van der Waals surface area contributed by atoms with Crippen LogP contribution in [0.3, 0.4) is 0 Å². The van der Waals surface area contributed by atoms with E-state index in [2.05, 4.69) is 35.7 Å². The van der Waals surface area contributed by atoms with Crippen molar-refractivity contribution >= 4 is 22.6 Å². The third-order valence-corrected chi connectivity index (χ3v) is 8.92. The van der Waals surface area contributed by atoms with Gasteiger partial charge in [-0.1, -0.05) is 29.8 Å². The van der Waals surface area contributed by atoms with E-state index in [4.69, 9.17) is 9.72 Å². The lowest BCUT2D eigenvalue weighted by Crippen LogP contribution is -2.28. The van der Waals surface area contributed by atoms with Crippen molar-refractivity contribution in [1.29, 1.82) is 0 Å². The van der Waals surface area contributed by atoms with Gasteiger partial charge in [0.25, 0.3) is 0 Å². The number of aliphatic hydroxyl groups excluding tert-OH is 1. The first-order valence-electron chi connectivity index (χ1n) is 11.3. The van der Waals surface area contributed by atoms with E-state index in [1.54, 1.807) is 0 Å². The Kier molecular flexibility index (Phi) is 4.60. The second kappa shape index (κ2) is 7.26. The number of aryl methyl sites for hydroxylation is 1. The van der Waals surface area contributed by atoms with Crippen molar-refractivity contribution in [3.8, 4) is 0 Å². The molecule has 2 N–H and O–H groups in total.